The van der Waals surface area contributed by atoms with Crippen LogP contribution in [0.1, 0.15) is 37.8 Å². The van der Waals surface area contributed by atoms with E-state index >= 15 is 0 Å². The zero-order valence-electron chi connectivity index (χ0n) is 19.2. The number of imide groups is 1. The van der Waals surface area contributed by atoms with Crippen LogP contribution in [-0.4, -0.2) is 24.5 Å². The molecule has 6 heteroatoms. The Morgan fingerprint density at radius 2 is 1.47 bits per heavy atom. The molecule has 2 saturated heterocycles. The molecule has 2 heterocycles. The molecule has 2 fully saturated rings. The maximum Gasteiger partial charge on any atom is 0.266 e. The van der Waals surface area contributed by atoms with Crippen LogP contribution in [0.5, 0.6) is 5.75 Å². The Morgan fingerprint density at radius 1 is 0.794 bits per heavy atom. The van der Waals surface area contributed by atoms with Gasteiger partial charge in [0.15, 0.2) is 6.10 Å². The summed E-state index contributed by atoms with van der Waals surface area (Å²) in [6.45, 7) is 2.81. The molecule has 5 rings (SSSR count). The molecule has 3 aromatic carbocycles. The lowest BCUT2D eigenvalue weighted by molar-refractivity contribution is -0.126. The topological polar surface area (TPSA) is 59.1 Å². The molecule has 34 heavy (non-hydrogen) atoms. The van der Waals surface area contributed by atoms with Gasteiger partial charge in [-0.25, -0.2) is 9.96 Å². The van der Waals surface area contributed by atoms with Crippen LogP contribution in [0.25, 0.3) is 0 Å². The second kappa shape index (κ2) is 9.69. The zero-order chi connectivity index (χ0) is 23.5. The molecule has 3 aromatic rings. The van der Waals surface area contributed by atoms with E-state index in [9.17, 15) is 9.59 Å². The van der Waals surface area contributed by atoms with Crippen LogP contribution in [0, 0.1) is 5.92 Å². The smallest absolute Gasteiger partial charge is 0.266 e. The quantitative estimate of drug-likeness (QED) is 0.340. The Hall–Kier alpha value is -3.64. The average molecular weight is 457 g/mol. The van der Waals surface area contributed by atoms with E-state index in [1.54, 1.807) is 17.2 Å². The van der Waals surface area contributed by atoms with Gasteiger partial charge in [-0.3, -0.25) is 14.4 Å². The van der Waals surface area contributed by atoms with E-state index in [1.807, 2.05) is 72.8 Å². The Kier molecular flexibility index (Phi) is 6.32. The lowest BCUT2D eigenvalue weighted by atomic mass is 9.90. The van der Waals surface area contributed by atoms with Crippen molar-refractivity contribution in [3.63, 3.8) is 0 Å². The molecule has 0 spiro atoms. The van der Waals surface area contributed by atoms with Crippen LogP contribution in [0.4, 0.5) is 11.4 Å². The van der Waals surface area contributed by atoms with Gasteiger partial charge in [0, 0.05) is 0 Å². The number of para-hydroxylation sites is 1. The maximum absolute atomic E-state index is 13.7. The van der Waals surface area contributed by atoms with Gasteiger partial charge < -0.3 is 4.74 Å². The summed E-state index contributed by atoms with van der Waals surface area (Å²) in [5.74, 6) is -0.502. The number of unbranched alkanes of at least 4 members (excludes halogenated alkanes) is 2. The number of rotatable bonds is 8. The SMILES string of the molecule is CCCCCOc1ccc(N2C(=O)[C@H]3[C@@H](c4ccccc4)N(c4ccccc4)O[C@H]3C2=O)cc1. The lowest BCUT2D eigenvalue weighted by Crippen LogP contribution is -2.37. The molecule has 2 amide bonds. The van der Waals surface area contributed by atoms with Crippen molar-refractivity contribution in [3.05, 3.63) is 90.5 Å². The van der Waals surface area contributed by atoms with E-state index < -0.39 is 18.1 Å². The van der Waals surface area contributed by atoms with Crippen molar-refractivity contribution >= 4 is 23.2 Å². The molecule has 6 nitrogen and oxygen atoms in total. The summed E-state index contributed by atoms with van der Waals surface area (Å²) in [6, 6.07) is 26.1. The Labute approximate surface area is 199 Å². The van der Waals surface area contributed by atoms with Gasteiger partial charge >= 0.3 is 0 Å². The van der Waals surface area contributed by atoms with E-state index in [4.69, 9.17) is 9.57 Å². The third-order valence-corrected chi connectivity index (χ3v) is 6.38. The van der Waals surface area contributed by atoms with Crippen molar-refractivity contribution < 1.29 is 19.2 Å². The van der Waals surface area contributed by atoms with Gasteiger partial charge in [0.1, 0.15) is 11.7 Å². The van der Waals surface area contributed by atoms with Crippen molar-refractivity contribution in [1.82, 2.24) is 0 Å². The Balaban J connectivity index is 1.41. The van der Waals surface area contributed by atoms with E-state index in [2.05, 4.69) is 6.92 Å². The molecule has 0 aliphatic carbocycles. The molecule has 0 N–H and O–H groups in total. The number of benzene rings is 3. The van der Waals surface area contributed by atoms with Crippen LogP contribution in [0.3, 0.4) is 0 Å². The van der Waals surface area contributed by atoms with Crippen molar-refractivity contribution in [2.45, 2.75) is 38.3 Å². The van der Waals surface area contributed by atoms with Gasteiger partial charge in [0.05, 0.1) is 24.0 Å². The molecular weight excluding hydrogens is 428 g/mol. The van der Waals surface area contributed by atoms with Gasteiger partial charge in [-0.05, 0) is 48.4 Å². The van der Waals surface area contributed by atoms with Crippen molar-refractivity contribution in [3.8, 4) is 5.75 Å². The first-order valence-electron chi connectivity index (χ1n) is 11.9. The van der Waals surface area contributed by atoms with Crippen LogP contribution in [-0.2, 0) is 14.4 Å². The number of carbonyl (C=O) groups is 2. The minimum absolute atomic E-state index is 0.251. The Morgan fingerprint density at radius 3 is 2.15 bits per heavy atom. The highest BCUT2D eigenvalue weighted by molar-refractivity contribution is 6.23. The number of hydroxylamine groups is 1. The van der Waals surface area contributed by atoms with Crippen LogP contribution in [0.15, 0.2) is 84.9 Å². The van der Waals surface area contributed by atoms with E-state index in [0.717, 1.165) is 36.3 Å². The van der Waals surface area contributed by atoms with Gasteiger partial charge in [-0.1, -0.05) is 68.3 Å². The fourth-order valence-corrected chi connectivity index (χ4v) is 4.69. The number of anilines is 2. The van der Waals surface area contributed by atoms with Crippen molar-refractivity contribution in [2.24, 2.45) is 5.92 Å². The monoisotopic (exact) mass is 456 g/mol. The lowest BCUT2D eigenvalue weighted by Gasteiger charge is -2.28. The van der Waals surface area contributed by atoms with Gasteiger partial charge in [-0.15, -0.1) is 0 Å². The summed E-state index contributed by atoms with van der Waals surface area (Å²) < 4.78 is 5.77. The summed E-state index contributed by atoms with van der Waals surface area (Å²) in [5.41, 5.74) is 2.27. The Bertz CT molecular complexity index is 1130. The molecule has 0 saturated carbocycles. The fraction of sp³-hybridized carbons (Fsp3) is 0.286. The van der Waals surface area contributed by atoms with Gasteiger partial charge in [-0.2, -0.15) is 0 Å². The number of carbonyl (C=O) groups excluding carboxylic acids is 2. The number of fused-ring (bicyclic) bond motifs is 1. The summed E-state index contributed by atoms with van der Waals surface area (Å²) in [6.07, 6.45) is 2.39. The summed E-state index contributed by atoms with van der Waals surface area (Å²) in [5, 5.41) is 1.71. The highest BCUT2D eigenvalue weighted by atomic mass is 16.7. The molecule has 2 aliphatic rings. The van der Waals surface area contributed by atoms with Crippen molar-refractivity contribution in [2.75, 3.05) is 16.6 Å². The maximum atomic E-state index is 13.7. The first kappa shape index (κ1) is 22.2. The highest BCUT2D eigenvalue weighted by Crippen LogP contribution is 2.47. The van der Waals surface area contributed by atoms with E-state index in [-0.39, 0.29) is 11.8 Å². The predicted molar refractivity (Wildman–Crippen MR) is 130 cm³/mol. The average Bonchev–Trinajstić information content (AvgIpc) is 3.39. The molecule has 2 aliphatic heterocycles. The zero-order valence-corrected chi connectivity index (χ0v) is 19.2. The minimum atomic E-state index is -0.872. The van der Waals surface area contributed by atoms with Gasteiger partial charge in [0.25, 0.3) is 5.91 Å². The molecule has 174 valence electrons. The second-order valence-electron chi connectivity index (χ2n) is 8.63. The standard InChI is InChI=1S/C28H28N2O4/c1-2-3-10-19-33-23-17-15-21(16-18-23)29-27(31)24-25(20-11-6-4-7-12-20)30(34-26(24)28(29)32)22-13-8-5-9-14-22/h4-9,11-18,24-26H,2-3,10,19H2,1H3/t24-,25+,26+/m0/s1. The van der Waals surface area contributed by atoms with Crippen LogP contribution < -0.4 is 14.7 Å². The molecule has 0 unspecified atom stereocenters. The minimum Gasteiger partial charge on any atom is -0.494 e. The van der Waals surface area contributed by atoms with Gasteiger partial charge in [0.2, 0.25) is 5.91 Å². The largest absolute Gasteiger partial charge is 0.494 e. The third-order valence-electron chi connectivity index (χ3n) is 6.38. The number of hydrogen-bond donors (Lipinski definition) is 0. The molecule has 0 bridgehead atoms. The summed E-state index contributed by atoms with van der Waals surface area (Å²) >= 11 is 0. The third kappa shape index (κ3) is 4.05. The summed E-state index contributed by atoms with van der Waals surface area (Å²) in [4.78, 5) is 34.5. The number of hydrogen-bond acceptors (Lipinski definition) is 5. The second-order valence-corrected chi connectivity index (χ2v) is 8.63. The first-order chi connectivity index (χ1) is 16.7. The molecular formula is C28H28N2O4. The molecule has 3 atom stereocenters. The number of ether oxygens (including phenoxy) is 1. The number of nitrogens with zero attached hydrogens (tertiary/aromatic N) is 2. The fourth-order valence-electron chi connectivity index (χ4n) is 4.69. The molecule has 0 radical (unpaired) electrons. The number of amides is 2. The van der Waals surface area contributed by atoms with Crippen molar-refractivity contribution in [1.29, 1.82) is 0 Å². The van der Waals surface area contributed by atoms with E-state index in [1.165, 1.54) is 4.90 Å². The molecule has 0 aromatic heterocycles. The normalized spacial score (nSPS) is 21.7. The highest BCUT2D eigenvalue weighted by Gasteiger charge is 2.60. The van der Waals surface area contributed by atoms with Crippen LogP contribution in [0.2, 0.25) is 0 Å². The predicted octanol–water partition coefficient (Wildman–Crippen LogP) is 5.31. The first-order valence-corrected chi connectivity index (χ1v) is 11.9. The van der Waals surface area contributed by atoms with Crippen LogP contribution >= 0.6 is 0 Å². The summed E-state index contributed by atoms with van der Waals surface area (Å²) in [7, 11) is 0. The van der Waals surface area contributed by atoms with E-state index in [0.29, 0.717) is 12.3 Å².